The van der Waals surface area contributed by atoms with E-state index < -0.39 is 12.0 Å². The van der Waals surface area contributed by atoms with Gasteiger partial charge in [0.05, 0.1) is 4.47 Å². The van der Waals surface area contributed by atoms with Crippen LogP contribution in [0.15, 0.2) is 21.1 Å². The predicted octanol–water partition coefficient (Wildman–Crippen LogP) is 1.87. The quantitative estimate of drug-likeness (QED) is 0.785. The lowest BCUT2D eigenvalue weighted by atomic mass is 10.1. The van der Waals surface area contributed by atoms with Crippen LogP contribution in [0.1, 0.15) is 5.56 Å². The van der Waals surface area contributed by atoms with E-state index in [1.165, 1.54) is 6.07 Å². The van der Waals surface area contributed by atoms with Crippen molar-refractivity contribution in [2.45, 2.75) is 12.5 Å². The summed E-state index contributed by atoms with van der Waals surface area (Å²) in [5, 5.41) is 18.0. The van der Waals surface area contributed by atoms with Crippen LogP contribution in [-0.4, -0.2) is 22.2 Å². The largest absolute Gasteiger partial charge is 0.507 e. The minimum Gasteiger partial charge on any atom is -0.507 e. The van der Waals surface area contributed by atoms with Crippen LogP contribution in [0, 0.1) is 0 Å². The lowest BCUT2D eigenvalue weighted by Gasteiger charge is -2.10. The zero-order valence-corrected chi connectivity index (χ0v) is 10.7. The first-order valence-corrected chi connectivity index (χ1v) is 5.66. The third-order valence-corrected chi connectivity index (χ3v) is 4.14. The van der Waals surface area contributed by atoms with Gasteiger partial charge < -0.3 is 15.9 Å². The van der Waals surface area contributed by atoms with Crippen LogP contribution in [-0.2, 0) is 11.2 Å². The van der Waals surface area contributed by atoms with Gasteiger partial charge in [0.25, 0.3) is 0 Å². The average Bonchev–Trinajstić information content (AvgIpc) is 2.18. The fourth-order valence-corrected chi connectivity index (χ4v) is 1.95. The summed E-state index contributed by atoms with van der Waals surface area (Å²) in [6.45, 7) is 0. The fourth-order valence-electron chi connectivity index (χ4n) is 1.06. The van der Waals surface area contributed by atoms with Gasteiger partial charge in [-0.3, -0.25) is 4.79 Å². The van der Waals surface area contributed by atoms with E-state index in [1.807, 2.05) is 0 Å². The maximum Gasteiger partial charge on any atom is 0.320 e. The molecule has 0 saturated heterocycles. The zero-order chi connectivity index (χ0) is 11.6. The molecule has 0 aliphatic heterocycles. The first kappa shape index (κ1) is 12.5. The smallest absolute Gasteiger partial charge is 0.320 e. The monoisotopic (exact) mass is 337 g/mol. The number of benzene rings is 1. The minimum absolute atomic E-state index is 0.0921. The van der Waals surface area contributed by atoms with Crippen LogP contribution in [0.3, 0.4) is 0 Å². The molecule has 0 saturated carbocycles. The molecule has 0 aliphatic carbocycles. The molecule has 0 heterocycles. The van der Waals surface area contributed by atoms with E-state index in [4.69, 9.17) is 10.8 Å². The van der Waals surface area contributed by atoms with Crippen molar-refractivity contribution in [3.63, 3.8) is 0 Å². The van der Waals surface area contributed by atoms with Crippen LogP contribution in [0.25, 0.3) is 0 Å². The topological polar surface area (TPSA) is 83.5 Å². The maximum absolute atomic E-state index is 10.6. The molecule has 6 heteroatoms. The molecule has 0 aromatic heterocycles. The number of phenols is 1. The van der Waals surface area contributed by atoms with Gasteiger partial charge in [-0.25, -0.2) is 0 Å². The summed E-state index contributed by atoms with van der Waals surface area (Å²) < 4.78 is 1.12. The maximum atomic E-state index is 10.6. The zero-order valence-electron chi connectivity index (χ0n) is 7.58. The Balaban J connectivity index is 2.97. The number of carboxylic acid groups (broad SMARTS) is 1. The highest BCUT2D eigenvalue weighted by molar-refractivity contribution is 9.13. The predicted molar refractivity (Wildman–Crippen MR) is 62.8 cm³/mol. The summed E-state index contributed by atoms with van der Waals surface area (Å²) in [6.07, 6.45) is 0.203. The standard InChI is InChI=1S/C9H9Br2NO3/c10-7-4(3-5(12)9(14)15)1-2-6(13)8(7)11/h1-2,5,13H,3,12H2,(H,14,15). The number of carboxylic acids is 1. The molecule has 0 radical (unpaired) electrons. The first-order valence-electron chi connectivity index (χ1n) is 4.07. The highest BCUT2D eigenvalue weighted by Gasteiger charge is 2.16. The summed E-state index contributed by atoms with van der Waals surface area (Å²) in [7, 11) is 0. The Labute approximate surface area is 103 Å². The molecule has 4 N–H and O–H groups in total. The summed E-state index contributed by atoms with van der Waals surface area (Å²) in [5.74, 6) is -0.958. The third kappa shape index (κ3) is 2.93. The van der Waals surface area contributed by atoms with Gasteiger partial charge in [0, 0.05) is 4.47 Å². The number of hydrogen-bond donors (Lipinski definition) is 3. The van der Waals surface area contributed by atoms with Crippen molar-refractivity contribution >= 4 is 37.8 Å². The molecule has 1 aromatic carbocycles. The lowest BCUT2D eigenvalue weighted by Crippen LogP contribution is -2.32. The minimum atomic E-state index is -1.05. The Morgan fingerprint density at radius 3 is 2.53 bits per heavy atom. The highest BCUT2D eigenvalue weighted by Crippen LogP contribution is 2.34. The lowest BCUT2D eigenvalue weighted by molar-refractivity contribution is -0.138. The molecule has 15 heavy (non-hydrogen) atoms. The van der Waals surface area contributed by atoms with E-state index >= 15 is 0 Å². The SMILES string of the molecule is NC(Cc1ccc(O)c(Br)c1Br)C(=O)O. The van der Waals surface area contributed by atoms with Crippen molar-refractivity contribution in [1.29, 1.82) is 0 Å². The van der Waals surface area contributed by atoms with Gasteiger partial charge in [0.15, 0.2) is 0 Å². The van der Waals surface area contributed by atoms with E-state index in [9.17, 15) is 9.90 Å². The number of phenolic OH excluding ortho intramolecular Hbond substituents is 1. The number of nitrogens with two attached hydrogens (primary N) is 1. The molecule has 0 fully saturated rings. The summed E-state index contributed by atoms with van der Waals surface area (Å²) in [6, 6.07) is 2.17. The van der Waals surface area contributed by atoms with Crippen molar-refractivity contribution in [1.82, 2.24) is 0 Å². The van der Waals surface area contributed by atoms with Crippen LogP contribution in [0.2, 0.25) is 0 Å². The van der Waals surface area contributed by atoms with Gasteiger partial charge in [-0.05, 0) is 49.9 Å². The van der Waals surface area contributed by atoms with Crippen LogP contribution in [0.4, 0.5) is 0 Å². The van der Waals surface area contributed by atoms with Crippen molar-refractivity contribution < 1.29 is 15.0 Å². The first-order chi connectivity index (χ1) is 6.93. The van der Waals surface area contributed by atoms with Crippen LogP contribution < -0.4 is 5.73 Å². The molecule has 1 atom stereocenters. The second kappa shape index (κ2) is 4.96. The molecular weight excluding hydrogens is 330 g/mol. The second-order valence-corrected chi connectivity index (χ2v) is 4.61. The van der Waals surface area contributed by atoms with Gasteiger partial charge in [-0.1, -0.05) is 6.07 Å². The van der Waals surface area contributed by atoms with Crippen LogP contribution in [0.5, 0.6) is 5.75 Å². The molecule has 0 bridgehead atoms. The number of rotatable bonds is 3. The molecule has 1 unspecified atom stereocenters. The van der Waals surface area contributed by atoms with E-state index in [0.717, 1.165) is 5.56 Å². The summed E-state index contributed by atoms with van der Waals surface area (Å²) in [5.41, 5.74) is 6.14. The van der Waals surface area contributed by atoms with Crippen molar-refractivity contribution in [3.05, 3.63) is 26.6 Å². The normalized spacial score (nSPS) is 12.5. The number of hydrogen-bond acceptors (Lipinski definition) is 3. The van der Waals surface area contributed by atoms with Gasteiger partial charge in [0.2, 0.25) is 0 Å². The van der Waals surface area contributed by atoms with Gasteiger partial charge in [-0.2, -0.15) is 0 Å². The number of aliphatic carboxylic acids is 1. The van der Waals surface area contributed by atoms with Gasteiger partial charge in [-0.15, -0.1) is 0 Å². The Morgan fingerprint density at radius 1 is 1.40 bits per heavy atom. The summed E-state index contributed by atoms with van der Waals surface area (Å²) >= 11 is 6.43. The molecule has 1 rings (SSSR count). The second-order valence-electron chi connectivity index (χ2n) is 3.02. The van der Waals surface area contributed by atoms with E-state index in [1.54, 1.807) is 6.07 Å². The Hall–Kier alpha value is -0.590. The van der Waals surface area contributed by atoms with Crippen LogP contribution >= 0.6 is 31.9 Å². The Morgan fingerprint density at radius 2 is 2.00 bits per heavy atom. The Kier molecular flexibility index (Phi) is 4.12. The molecular formula is C9H9Br2NO3. The molecule has 0 amide bonds. The van der Waals surface area contributed by atoms with Crippen molar-refractivity contribution in [2.24, 2.45) is 5.73 Å². The van der Waals surface area contributed by atoms with E-state index in [0.29, 0.717) is 8.95 Å². The molecule has 0 aliphatic rings. The van der Waals surface area contributed by atoms with E-state index in [2.05, 4.69) is 31.9 Å². The number of aromatic hydroxyl groups is 1. The number of halogens is 2. The van der Waals surface area contributed by atoms with Gasteiger partial charge >= 0.3 is 5.97 Å². The van der Waals surface area contributed by atoms with Gasteiger partial charge in [0.1, 0.15) is 11.8 Å². The summed E-state index contributed by atoms with van der Waals surface area (Å²) in [4.78, 5) is 10.6. The van der Waals surface area contributed by atoms with Crippen molar-refractivity contribution in [2.75, 3.05) is 0 Å². The molecule has 4 nitrogen and oxygen atoms in total. The fraction of sp³-hybridized carbons (Fsp3) is 0.222. The Bertz CT molecular complexity index is 395. The highest BCUT2D eigenvalue weighted by atomic mass is 79.9. The number of carbonyl (C=O) groups is 1. The molecule has 0 spiro atoms. The molecule has 1 aromatic rings. The van der Waals surface area contributed by atoms with Crippen molar-refractivity contribution in [3.8, 4) is 5.75 Å². The molecule has 82 valence electrons. The third-order valence-electron chi connectivity index (χ3n) is 1.90. The van der Waals surface area contributed by atoms with E-state index in [-0.39, 0.29) is 12.2 Å². The average molecular weight is 339 g/mol.